The second-order valence-electron chi connectivity index (χ2n) is 2.64. The summed E-state index contributed by atoms with van der Waals surface area (Å²) in [6.07, 6.45) is 0.931. The van der Waals surface area contributed by atoms with Crippen LogP contribution in [0.25, 0.3) is 0 Å². The molecule has 0 saturated heterocycles. The molecule has 0 radical (unpaired) electrons. The van der Waals surface area contributed by atoms with Crippen molar-refractivity contribution in [3.8, 4) is 0 Å². The largest absolute Gasteiger partial charge is 0.325 e. The maximum Gasteiger partial charge on any atom is 0.174 e. The van der Waals surface area contributed by atoms with Crippen molar-refractivity contribution in [2.45, 2.75) is 0 Å². The van der Waals surface area contributed by atoms with Crippen molar-refractivity contribution in [3.05, 3.63) is 0 Å². The van der Waals surface area contributed by atoms with E-state index >= 15 is 0 Å². The Kier molecular flexibility index (Phi) is 5.23. The van der Waals surface area contributed by atoms with Crippen LogP contribution in [-0.2, 0) is 4.79 Å². The van der Waals surface area contributed by atoms with Gasteiger partial charge in [0.1, 0.15) is 6.54 Å². The average Bonchev–Trinajstić information content (AvgIpc) is 1.30. The number of quaternary nitrogens is 1. The van der Waals surface area contributed by atoms with Crippen LogP contribution in [0.15, 0.2) is 0 Å². The molecule has 0 unspecified atom stereocenters. The van der Waals surface area contributed by atoms with Crippen LogP contribution < -0.4 is 0 Å². The molecule has 0 saturated carbocycles. The lowest BCUT2D eigenvalue weighted by molar-refractivity contribution is -0.861. The number of nitrogens with zero attached hydrogens (tertiary/aromatic N) is 1. The lowest BCUT2D eigenvalue weighted by atomic mass is 10.6. The molecule has 8 heavy (non-hydrogen) atoms. The van der Waals surface area contributed by atoms with Crippen molar-refractivity contribution >= 4 is 18.7 Å². The number of hydrogen-bond acceptors (Lipinski definition) is 1. The number of carbonyl (C=O) groups is 1. The van der Waals surface area contributed by atoms with Gasteiger partial charge in [0.25, 0.3) is 0 Å². The van der Waals surface area contributed by atoms with Crippen LogP contribution in [0.4, 0.5) is 0 Å². The molecule has 0 atom stereocenters. The molecule has 0 aliphatic heterocycles. The molecule has 3 heteroatoms. The molecule has 0 aliphatic carbocycles. The maximum atomic E-state index is 9.80. The fourth-order valence-electron chi connectivity index (χ4n) is 0.224. The summed E-state index contributed by atoms with van der Waals surface area (Å²) in [7, 11) is 5.94. The van der Waals surface area contributed by atoms with Gasteiger partial charge < -0.3 is 4.48 Å². The van der Waals surface area contributed by atoms with Crippen molar-refractivity contribution in [1.82, 2.24) is 0 Å². The molecule has 0 spiro atoms. The van der Waals surface area contributed by atoms with Crippen LogP contribution in [0.5, 0.6) is 0 Å². The predicted molar refractivity (Wildman–Crippen MR) is 36.2 cm³/mol. The van der Waals surface area contributed by atoms with Crippen LogP contribution in [-0.4, -0.2) is 38.5 Å². The quantitative estimate of drug-likeness (QED) is 0.397. The first-order chi connectivity index (χ1) is 3.06. The minimum atomic E-state index is 0. The molecule has 2 nitrogen and oxygen atoms in total. The van der Waals surface area contributed by atoms with Crippen molar-refractivity contribution in [2.24, 2.45) is 0 Å². The smallest absolute Gasteiger partial charge is 0.174 e. The van der Waals surface area contributed by atoms with E-state index in [2.05, 4.69) is 0 Å². The highest BCUT2D eigenvalue weighted by molar-refractivity contribution is 5.85. The fraction of sp³-hybridized carbons (Fsp3) is 0.800. The first-order valence-electron chi connectivity index (χ1n) is 2.30. The normalized spacial score (nSPS) is 9.88. The summed E-state index contributed by atoms with van der Waals surface area (Å²) >= 11 is 0. The molecule has 0 aromatic heterocycles. The Balaban J connectivity index is 0. The highest BCUT2D eigenvalue weighted by atomic mass is 35.5. The summed E-state index contributed by atoms with van der Waals surface area (Å²) in [5.41, 5.74) is 0. The second-order valence-corrected chi connectivity index (χ2v) is 2.64. The van der Waals surface area contributed by atoms with Gasteiger partial charge in [-0.05, 0) is 0 Å². The third-order valence-corrected chi connectivity index (χ3v) is 0.622. The van der Waals surface area contributed by atoms with E-state index in [1.165, 1.54) is 0 Å². The van der Waals surface area contributed by atoms with E-state index < -0.39 is 0 Å². The van der Waals surface area contributed by atoms with E-state index in [0.717, 1.165) is 10.8 Å². The van der Waals surface area contributed by atoms with Gasteiger partial charge in [-0.2, -0.15) is 0 Å². The standard InChI is InChI=1S/C5H12NO.ClH/c1-6(2,3)4-5-7;/h5H,4H2,1-3H3;1H/q+1;. The van der Waals surface area contributed by atoms with Gasteiger partial charge in [0.05, 0.1) is 21.1 Å². The Morgan fingerprint density at radius 1 is 1.38 bits per heavy atom. The third kappa shape index (κ3) is 9.33. The number of halogens is 1. The summed E-state index contributed by atoms with van der Waals surface area (Å²) in [5.74, 6) is 0. The van der Waals surface area contributed by atoms with Crippen LogP contribution in [0.3, 0.4) is 0 Å². The van der Waals surface area contributed by atoms with Crippen molar-refractivity contribution < 1.29 is 9.28 Å². The predicted octanol–water partition coefficient (Wildman–Crippen LogP) is 0.313. The molecule has 0 heterocycles. The molecule has 50 valence electrons. The van der Waals surface area contributed by atoms with Gasteiger partial charge in [0.2, 0.25) is 0 Å². The summed E-state index contributed by atoms with van der Waals surface area (Å²) in [5, 5.41) is 0. The molecule has 0 aromatic carbocycles. The average molecular weight is 139 g/mol. The van der Waals surface area contributed by atoms with E-state index in [4.69, 9.17) is 0 Å². The van der Waals surface area contributed by atoms with Crippen LogP contribution >= 0.6 is 12.4 Å². The Hall–Kier alpha value is -0.0800. The first kappa shape index (κ1) is 10.8. The number of hydrogen-bond donors (Lipinski definition) is 0. The lowest BCUT2D eigenvalue weighted by Gasteiger charge is -2.19. The Morgan fingerprint density at radius 3 is 1.75 bits per heavy atom. The molecule has 0 amide bonds. The van der Waals surface area contributed by atoms with Gasteiger partial charge in [-0.1, -0.05) is 0 Å². The van der Waals surface area contributed by atoms with E-state index in [0.29, 0.717) is 6.54 Å². The SMILES string of the molecule is C[N+](C)(C)CC=O.Cl. The molecular formula is C5H13ClNO+. The van der Waals surface area contributed by atoms with E-state index in [9.17, 15) is 4.79 Å². The Morgan fingerprint density at radius 2 is 1.75 bits per heavy atom. The van der Waals surface area contributed by atoms with Gasteiger partial charge in [-0.3, -0.25) is 4.79 Å². The monoisotopic (exact) mass is 138 g/mol. The molecule has 0 aromatic rings. The third-order valence-electron chi connectivity index (χ3n) is 0.622. The molecule has 0 aliphatic rings. The zero-order valence-electron chi connectivity index (χ0n) is 5.55. The van der Waals surface area contributed by atoms with Crippen molar-refractivity contribution in [2.75, 3.05) is 27.7 Å². The number of carbonyl (C=O) groups excluding carboxylic acids is 1. The van der Waals surface area contributed by atoms with Gasteiger partial charge in [0, 0.05) is 0 Å². The molecule has 0 N–H and O–H groups in total. The number of aldehydes is 1. The fourth-order valence-corrected chi connectivity index (χ4v) is 0.224. The zero-order chi connectivity index (χ0) is 5.91. The van der Waals surface area contributed by atoms with Gasteiger partial charge in [-0.25, -0.2) is 0 Å². The molecule has 0 fully saturated rings. The molecule has 0 bridgehead atoms. The number of rotatable bonds is 2. The second kappa shape index (κ2) is 3.87. The van der Waals surface area contributed by atoms with E-state index in [1.54, 1.807) is 0 Å². The summed E-state index contributed by atoms with van der Waals surface area (Å²) in [4.78, 5) is 9.80. The minimum Gasteiger partial charge on any atom is -0.325 e. The molecule has 0 rings (SSSR count). The van der Waals surface area contributed by atoms with Crippen molar-refractivity contribution in [3.63, 3.8) is 0 Å². The zero-order valence-corrected chi connectivity index (χ0v) is 6.36. The first-order valence-corrected chi connectivity index (χ1v) is 2.30. The lowest BCUT2D eigenvalue weighted by Crippen LogP contribution is -2.35. The van der Waals surface area contributed by atoms with Crippen LogP contribution in [0.1, 0.15) is 0 Å². The Bertz CT molecular complexity index is 67.3. The minimum absolute atomic E-state index is 0. The summed E-state index contributed by atoms with van der Waals surface area (Å²) in [6, 6.07) is 0. The highest BCUT2D eigenvalue weighted by Gasteiger charge is 2.01. The van der Waals surface area contributed by atoms with E-state index in [1.807, 2.05) is 21.1 Å². The van der Waals surface area contributed by atoms with Crippen LogP contribution in [0.2, 0.25) is 0 Å². The van der Waals surface area contributed by atoms with Gasteiger partial charge >= 0.3 is 0 Å². The maximum absolute atomic E-state index is 9.80. The topological polar surface area (TPSA) is 17.1 Å². The highest BCUT2D eigenvalue weighted by Crippen LogP contribution is 1.82. The van der Waals surface area contributed by atoms with Crippen molar-refractivity contribution in [1.29, 1.82) is 0 Å². The molecular weight excluding hydrogens is 126 g/mol. The van der Waals surface area contributed by atoms with E-state index in [-0.39, 0.29) is 12.4 Å². The Labute approximate surface area is 56.5 Å². The summed E-state index contributed by atoms with van der Waals surface area (Å²) < 4.78 is 0.726. The number of likely N-dealkylation sites (N-methyl/N-ethyl adjacent to an activating group) is 1. The summed E-state index contributed by atoms with van der Waals surface area (Å²) in [6.45, 7) is 0.597. The van der Waals surface area contributed by atoms with Crippen LogP contribution in [0, 0.1) is 0 Å². The van der Waals surface area contributed by atoms with Gasteiger partial charge in [-0.15, -0.1) is 12.4 Å². The van der Waals surface area contributed by atoms with Gasteiger partial charge in [0.15, 0.2) is 6.29 Å².